The lowest BCUT2D eigenvalue weighted by molar-refractivity contribution is -0.117. The van der Waals surface area contributed by atoms with Crippen LogP contribution in [0.15, 0.2) is 12.7 Å². The minimum atomic E-state index is -0.582. The minimum absolute atomic E-state index is 0.0585. The topological polar surface area (TPSA) is 97.4 Å². The first-order valence-corrected chi connectivity index (χ1v) is 11.0. The number of nitrogens with zero attached hydrogens (tertiary/aromatic N) is 2. The molecule has 1 amide bonds. The number of carbonyl (C=O) groups excluding carboxylic acids is 3. The van der Waals surface area contributed by atoms with E-state index in [0.29, 0.717) is 17.2 Å². The van der Waals surface area contributed by atoms with Gasteiger partial charge in [-0.05, 0) is 19.4 Å². The van der Waals surface area contributed by atoms with Gasteiger partial charge in [0.2, 0.25) is 5.91 Å². The molecule has 172 valence electrons. The summed E-state index contributed by atoms with van der Waals surface area (Å²) < 4.78 is 15.3. The van der Waals surface area contributed by atoms with Gasteiger partial charge in [0.1, 0.15) is 16.5 Å². The first-order valence-electron chi connectivity index (χ1n) is 10.2. The van der Waals surface area contributed by atoms with Gasteiger partial charge in [-0.15, -0.1) is 11.3 Å². The van der Waals surface area contributed by atoms with Crippen LogP contribution in [0, 0.1) is 6.92 Å². The molecule has 10 heteroatoms. The van der Waals surface area contributed by atoms with E-state index >= 15 is 0 Å². The van der Waals surface area contributed by atoms with E-state index in [1.807, 2.05) is 0 Å². The van der Waals surface area contributed by atoms with Gasteiger partial charge in [-0.25, -0.2) is 9.59 Å². The van der Waals surface area contributed by atoms with Gasteiger partial charge >= 0.3 is 11.9 Å². The predicted octanol–water partition coefficient (Wildman–Crippen LogP) is 1.78. The van der Waals surface area contributed by atoms with Gasteiger partial charge in [0.15, 0.2) is 0 Å². The summed E-state index contributed by atoms with van der Waals surface area (Å²) in [6.07, 6.45) is 1.46. The number of carbonyl (C=O) groups is 3. The molecule has 0 saturated carbocycles. The van der Waals surface area contributed by atoms with Crippen LogP contribution in [-0.2, 0) is 19.0 Å². The molecule has 0 aliphatic carbocycles. The lowest BCUT2D eigenvalue weighted by Crippen LogP contribution is -2.49. The standard InChI is InChI=1S/C21H31N3O6S/c1-5-12-30-21(27)18-15(3)17(20(26)29-6-2)19(31-18)22-16(25)14-24-9-7-23(8-10-24)11-13-28-4/h5H,1,6-14H2,2-4H3,(H,22,25). The van der Waals surface area contributed by atoms with E-state index in [0.717, 1.165) is 44.1 Å². The van der Waals surface area contributed by atoms with Crippen LogP contribution in [0.1, 0.15) is 32.5 Å². The van der Waals surface area contributed by atoms with Gasteiger partial charge < -0.3 is 19.5 Å². The molecule has 31 heavy (non-hydrogen) atoms. The maximum atomic E-state index is 12.7. The average molecular weight is 454 g/mol. The summed E-state index contributed by atoms with van der Waals surface area (Å²) in [5.74, 6) is -1.40. The molecule has 0 spiro atoms. The molecule has 0 unspecified atom stereocenters. The van der Waals surface area contributed by atoms with Crippen molar-refractivity contribution in [1.82, 2.24) is 9.80 Å². The Hall–Kier alpha value is -2.27. The van der Waals surface area contributed by atoms with E-state index in [2.05, 4.69) is 21.7 Å². The third-order valence-corrected chi connectivity index (χ3v) is 6.03. The Labute approximate surface area is 186 Å². The zero-order chi connectivity index (χ0) is 22.8. The first kappa shape index (κ1) is 25.0. The Morgan fingerprint density at radius 2 is 1.81 bits per heavy atom. The van der Waals surface area contributed by atoms with E-state index < -0.39 is 11.9 Å². The van der Waals surface area contributed by atoms with Gasteiger partial charge in [-0.1, -0.05) is 12.7 Å². The number of esters is 2. The van der Waals surface area contributed by atoms with Crippen molar-refractivity contribution >= 4 is 34.2 Å². The number of rotatable bonds is 11. The molecule has 1 aromatic rings. The van der Waals surface area contributed by atoms with Crippen LogP contribution in [0.25, 0.3) is 0 Å². The number of hydrogen-bond donors (Lipinski definition) is 1. The van der Waals surface area contributed by atoms with Crippen molar-refractivity contribution in [3.05, 3.63) is 28.7 Å². The number of thiophene rings is 1. The Morgan fingerprint density at radius 3 is 2.42 bits per heavy atom. The summed E-state index contributed by atoms with van der Waals surface area (Å²) in [7, 11) is 1.68. The fourth-order valence-electron chi connectivity index (χ4n) is 3.21. The van der Waals surface area contributed by atoms with Crippen molar-refractivity contribution in [3.63, 3.8) is 0 Å². The largest absolute Gasteiger partial charge is 0.462 e. The van der Waals surface area contributed by atoms with Crippen LogP contribution in [-0.4, -0.2) is 93.8 Å². The lowest BCUT2D eigenvalue weighted by atomic mass is 10.1. The van der Waals surface area contributed by atoms with E-state index in [4.69, 9.17) is 14.2 Å². The highest BCUT2D eigenvalue weighted by Gasteiger charge is 2.28. The second kappa shape index (κ2) is 12.6. The third-order valence-electron chi connectivity index (χ3n) is 4.84. The molecule has 0 radical (unpaired) electrons. The highest BCUT2D eigenvalue weighted by molar-refractivity contribution is 7.18. The van der Waals surface area contributed by atoms with E-state index in [1.54, 1.807) is 21.0 Å². The van der Waals surface area contributed by atoms with Crippen molar-refractivity contribution in [2.24, 2.45) is 0 Å². The fourth-order valence-corrected chi connectivity index (χ4v) is 4.31. The quantitative estimate of drug-likeness (QED) is 0.400. The highest BCUT2D eigenvalue weighted by atomic mass is 32.1. The smallest absolute Gasteiger partial charge is 0.348 e. The van der Waals surface area contributed by atoms with Gasteiger partial charge in [0.25, 0.3) is 0 Å². The number of anilines is 1. The number of methoxy groups -OCH3 is 1. The van der Waals surface area contributed by atoms with Crippen LogP contribution in [0.3, 0.4) is 0 Å². The van der Waals surface area contributed by atoms with Crippen molar-refractivity contribution in [1.29, 1.82) is 0 Å². The maximum absolute atomic E-state index is 12.7. The monoisotopic (exact) mass is 453 g/mol. The summed E-state index contributed by atoms with van der Waals surface area (Å²) in [5, 5.41) is 3.09. The molecule has 1 aromatic heterocycles. The molecule has 1 N–H and O–H groups in total. The maximum Gasteiger partial charge on any atom is 0.348 e. The molecular weight excluding hydrogens is 422 g/mol. The number of nitrogens with one attached hydrogen (secondary N) is 1. The Morgan fingerprint density at radius 1 is 1.13 bits per heavy atom. The van der Waals surface area contributed by atoms with Crippen molar-refractivity contribution in [2.45, 2.75) is 13.8 Å². The molecule has 1 saturated heterocycles. The summed E-state index contributed by atoms with van der Waals surface area (Å²) in [6, 6.07) is 0. The number of piperazine rings is 1. The predicted molar refractivity (Wildman–Crippen MR) is 119 cm³/mol. The first-order chi connectivity index (χ1) is 14.9. The normalized spacial score (nSPS) is 14.8. The van der Waals surface area contributed by atoms with Crippen LogP contribution >= 0.6 is 11.3 Å². The molecule has 1 fully saturated rings. The Kier molecular flexibility index (Phi) is 10.1. The zero-order valence-corrected chi connectivity index (χ0v) is 19.2. The zero-order valence-electron chi connectivity index (χ0n) is 18.4. The summed E-state index contributed by atoms with van der Waals surface area (Å²) in [4.78, 5) is 42.1. The second-order valence-electron chi connectivity index (χ2n) is 7.03. The van der Waals surface area contributed by atoms with E-state index in [9.17, 15) is 14.4 Å². The molecule has 0 atom stereocenters. The Bertz CT molecular complexity index is 786. The van der Waals surface area contributed by atoms with E-state index in [-0.39, 0.29) is 36.1 Å². The van der Waals surface area contributed by atoms with Crippen LogP contribution < -0.4 is 5.32 Å². The number of amides is 1. The lowest BCUT2D eigenvalue weighted by Gasteiger charge is -2.34. The third kappa shape index (κ3) is 7.13. The summed E-state index contributed by atoms with van der Waals surface area (Å²) >= 11 is 1.02. The molecule has 0 bridgehead atoms. The SMILES string of the molecule is C=CCOC(=O)c1sc(NC(=O)CN2CCN(CCOC)CC2)c(C(=O)OCC)c1C. The number of ether oxygens (including phenoxy) is 3. The van der Waals surface area contributed by atoms with Gasteiger partial charge in [0, 0.05) is 39.8 Å². The summed E-state index contributed by atoms with van der Waals surface area (Å²) in [6.45, 7) is 12.1. The fraction of sp³-hybridized carbons (Fsp3) is 0.571. The second-order valence-corrected chi connectivity index (χ2v) is 8.05. The molecule has 2 heterocycles. The van der Waals surface area contributed by atoms with Crippen molar-refractivity contribution < 1.29 is 28.6 Å². The van der Waals surface area contributed by atoms with Gasteiger partial charge in [0.05, 0.1) is 25.3 Å². The molecule has 1 aliphatic rings. The van der Waals surface area contributed by atoms with Crippen LogP contribution in [0.5, 0.6) is 0 Å². The summed E-state index contributed by atoms with van der Waals surface area (Å²) in [5.41, 5.74) is 0.620. The van der Waals surface area contributed by atoms with E-state index in [1.165, 1.54) is 6.08 Å². The average Bonchev–Trinajstić information content (AvgIpc) is 3.07. The molecule has 2 rings (SSSR count). The minimum Gasteiger partial charge on any atom is -0.462 e. The van der Waals surface area contributed by atoms with Gasteiger partial charge in [-0.2, -0.15) is 0 Å². The molecule has 0 aromatic carbocycles. The van der Waals surface area contributed by atoms with Crippen LogP contribution in [0.4, 0.5) is 5.00 Å². The molecule has 9 nitrogen and oxygen atoms in total. The van der Waals surface area contributed by atoms with Crippen molar-refractivity contribution in [2.75, 3.05) is 71.5 Å². The molecule has 1 aliphatic heterocycles. The highest BCUT2D eigenvalue weighted by Crippen LogP contribution is 2.34. The molecular formula is C21H31N3O6S. The number of hydrogen-bond acceptors (Lipinski definition) is 9. The van der Waals surface area contributed by atoms with Crippen LogP contribution in [0.2, 0.25) is 0 Å². The van der Waals surface area contributed by atoms with Gasteiger partial charge in [-0.3, -0.25) is 14.6 Å². The Balaban J connectivity index is 2.06. The van der Waals surface area contributed by atoms with Crippen molar-refractivity contribution in [3.8, 4) is 0 Å².